The largest absolute Gasteiger partial charge is 0.496 e. The van der Waals surface area contributed by atoms with Crippen molar-refractivity contribution in [3.8, 4) is 22.8 Å². The van der Waals surface area contributed by atoms with E-state index in [1.54, 1.807) is 26.5 Å². The number of hydrogen-bond donors (Lipinski definition) is 1. The summed E-state index contributed by atoms with van der Waals surface area (Å²) < 4.78 is 16.7. The Morgan fingerprint density at radius 1 is 1.09 bits per heavy atom. The predicted octanol–water partition coefficient (Wildman–Crippen LogP) is 4.47. The number of fused-ring (bicyclic) bond motifs is 1. The van der Waals surface area contributed by atoms with E-state index in [2.05, 4.69) is 9.88 Å². The number of nitrogen functional groups attached to an aromatic ring is 1. The summed E-state index contributed by atoms with van der Waals surface area (Å²) in [7, 11) is 3.23. The number of rotatable bonds is 4. The van der Waals surface area contributed by atoms with Crippen molar-refractivity contribution < 1.29 is 14.2 Å². The second kappa shape index (κ2) is 7.98. The molecule has 4 heterocycles. The molecule has 0 atom stereocenters. The maximum absolute atomic E-state index is 6.77. The Labute approximate surface area is 192 Å². The van der Waals surface area contributed by atoms with E-state index in [1.165, 1.54) is 0 Å². The van der Waals surface area contributed by atoms with Crippen LogP contribution in [0.15, 0.2) is 24.4 Å². The smallest absolute Gasteiger partial charge is 0.141 e. The van der Waals surface area contributed by atoms with Crippen molar-refractivity contribution >= 4 is 34.0 Å². The van der Waals surface area contributed by atoms with Gasteiger partial charge in [0, 0.05) is 65.9 Å². The third-order valence-electron chi connectivity index (χ3n) is 6.76. The average molecular weight is 455 g/mol. The van der Waals surface area contributed by atoms with Crippen LogP contribution in [0.4, 0.5) is 11.6 Å². The molecule has 5 rings (SSSR count). The van der Waals surface area contributed by atoms with Crippen molar-refractivity contribution in [2.45, 2.75) is 19.8 Å². The van der Waals surface area contributed by atoms with Gasteiger partial charge in [-0.3, -0.25) is 0 Å². The zero-order valence-corrected chi connectivity index (χ0v) is 19.3. The number of halogens is 1. The minimum Gasteiger partial charge on any atom is -0.496 e. The summed E-state index contributed by atoms with van der Waals surface area (Å²) >= 11 is 6.77. The maximum Gasteiger partial charge on any atom is 0.141 e. The van der Waals surface area contributed by atoms with E-state index in [1.807, 2.05) is 19.1 Å². The van der Waals surface area contributed by atoms with E-state index >= 15 is 0 Å². The summed E-state index contributed by atoms with van der Waals surface area (Å²) in [6.45, 7) is 5.55. The standard InChI is InChI=1S/C24H27ClN4O3/c1-14-18(30-2)10-19(31-3)22(25)21(14)17-8-15-11-27-20(26)9-16(15)23(28-17)29-12-24(13-29)4-6-32-7-5-24/h8-11H,4-7,12-13H2,1-3H3,(H2,26,27). The van der Waals surface area contributed by atoms with Gasteiger partial charge in [-0.1, -0.05) is 11.6 Å². The quantitative estimate of drug-likeness (QED) is 0.622. The minimum absolute atomic E-state index is 0.313. The Morgan fingerprint density at radius 3 is 2.50 bits per heavy atom. The fourth-order valence-corrected chi connectivity index (χ4v) is 5.28. The number of methoxy groups -OCH3 is 2. The van der Waals surface area contributed by atoms with Gasteiger partial charge in [0.05, 0.1) is 24.9 Å². The fourth-order valence-electron chi connectivity index (χ4n) is 4.91. The van der Waals surface area contributed by atoms with E-state index in [9.17, 15) is 0 Å². The molecule has 0 saturated carbocycles. The molecule has 32 heavy (non-hydrogen) atoms. The first-order valence-electron chi connectivity index (χ1n) is 10.7. The third kappa shape index (κ3) is 3.40. The molecule has 2 aliphatic rings. The van der Waals surface area contributed by atoms with Crippen LogP contribution in [0.5, 0.6) is 11.5 Å². The molecule has 2 aromatic heterocycles. The zero-order chi connectivity index (χ0) is 22.5. The molecule has 8 heteroatoms. The van der Waals surface area contributed by atoms with Crippen LogP contribution in [0, 0.1) is 12.3 Å². The number of hydrogen-bond acceptors (Lipinski definition) is 7. The van der Waals surface area contributed by atoms with E-state index in [0.29, 0.717) is 27.8 Å². The van der Waals surface area contributed by atoms with E-state index in [-0.39, 0.29) is 0 Å². The highest BCUT2D eigenvalue weighted by Gasteiger charge is 2.45. The van der Waals surface area contributed by atoms with Gasteiger partial charge in [0.1, 0.15) is 23.1 Å². The summed E-state index contributed by atoms with van der Waals surface area (Å²) in [5.41, 5.74) is 8.81. The van der Waals surface area contributed by atoms with Gasteiger partial charge in [-0.25, -0.2) is 9.97 Å². The van der Waals surface area contributed by atoms with Crippen LogP contribution in [0.25, 0.3) is 22.0 Å². The summed E-state index contributed by atoms with van der Waals surface area (Å²) in [6, 6.07) is 5.70. The van der Waals surface area contributed by atoms with E-state index < -0.39 is 0 Å². The van der Waals surface area contributed by atoms with Crippen molar-refractivity contribution in [2.75, 3.05) is 51.2 Å². The molecule has 2 aliphatic heterocycles. The van der Waals surface area contributed by atoms with E-state index in [0.717, 1.165) is 72.6 Å². The number of pyridine rings is 2. The van der Waals surface area contributed by atoms with Crippen LogP contribution in [-0.2, 0) is 4.74 Å². The minimum atomic E-state index is 0.313. The second-order valence-electron chi connectivity index (χ2n) is 8.72. The molecule has 0 amide bonds. The summed E-state index contributed by atoms with van der Waals surface area (Å²) in [6.07, 6.45) is 3.97. The lowest BCUT2D eigenvalue weighted by Gasteiger charge is -2.53. The summed E-state index contributed by atoms with van der Waals surface area (Å²) in [5.74, 6) is 2.63. The van der Waals surface area contributed by atoms with Crippen LogP contribution < -0.4 is 20.1 Å². The zero-order valence-electron chi connectivity index (χ0n) is 18.6. The highest BCUT2D eigenvalue weighted by Crippen LogP contribution is 2.46. The maximum atomic E-state index is 6.77. The first-order chi connectivity index (χ1) is 15.4. The molecule has 1 spiro atoms. The monoisotopic (exact) mass is 454 g/mol. The number of anilines is 2. The Bertz CT molecular complexity index is 1160. The van der Waals surface area contributed by atoms with Crippen LogP contribution in [-0.4, -0.2) is 50.5 Å². The molecule has 168 valence electrons. The molecule has 2 N–H and O–H groups in total. The number of ether oxygens (including phenoxy) is 3. The van der Waals surface area contributed by atoms with Crippen LogP contribution >= 0.6 is 11.6 Å². The van der Waals surface area contributed by atoms with Gasteiger partial charge in [0.2, 0.25) is 0 Å². The van der Waals surface area contributed by atoms with Gasteiger partial charge >= 0.3 is 0 Å². The van der Waals surface area contributed by atoms with Crippen molar-refractivity contribution in [3.05, 3.63) is 35.0 Å². The molecule has 2 fully saturated rings. The normalized spacial score (nSPS) is 17.4. The van der Waals surface area contributed by atoms with Crippen LogP contribution in [0.1, 0.15) is 18.4 Å². The first kappa shape index (κ1) is 21.1. The van der Waals surface area contributed by atoms with Crippen molar-refractivity contribution in [1.82, 2.24) is 9.97 Å². The van der Waals surface area contributed by atoms with Gasteiger partial charge in [0.15, 0.2) is 0 Å². The second-order valence-corrected chi connectivity index (χ2v) is 9.10. The molecule has 0 radical (unpaired) electrons. The van der Waals surface area contributed by atoms with Crippen molar-refractivity contribution in [3.63, 3.8) is 0 Å². The summed E-state index contributed by atoms with van der Waals surface area (Å²) in [4.78, 5) is 11.7. The lowest BCUT2D eigenvalue weighted by molar-refractivity contribution is -0.000348. The first-order valence-corrected chi connectivity index (χ1v) is 11.1. The molecule has 2 saturated heterocycles. The molecule has 3 aromatic rings. The Balaban J connectivity index is 1.66. The number of nitrogens with two attached hydrogens (primary N) is 1. The number of aromatic nitrogens is 2. The number of nitrogens with zero attached hydrogens (tertiary/aromatic N) is 3. The van der Waals surface area contributed by atoms with Gasteiger partial charge in [0.25, 0.3) is 0 Å². The highest BCUT2D eigenvalue weighted by atomic mass is 35.5. The number of benzene rings is 1. The molecule has 7 nitrogen and oxygen atoms in total. The topological polar surface area (TPSA) is 82.7 Å². The Morgan fingerprint density at radius 2 is 1.81 bits per heavy atom. The molecular formula is C24H27ClN4O3. The molecule has 0 aliphatic carbocycles. The summed E-state index contributed by atoms with van der Waals surface area (Å²) in [5, 5.41) is 2.47. The van der Waals surface area contributed by atoms with Crippen molar-refractivity contribution in [1.29, 1.82) is 0 Å². The predicted molar refractivity (Wildman–Crippen MR) is 127 cm³/mol. The SMILES string of the molecule is COc1cc(OC)c(Cl)c(-c2cc3cnc(N)cc3c(N3CC4(CCOCC4)C3)n2)c1C. The molecule has 0 unspecified atom stereocenters. The van der Waals surface area contributed by atoms with Gasteiger partial charge in [-0.05, 0) is 31.9 Å². The van der Waals surface area contributed by atoms with Gasteiger partial charge < -0.3 is 24.8 Å². The average Bonchev–Trinajstić information content (AvgIpc) is 2.78. The molecule has 0 bridgehead atoms. The van der Waals surface area contributed by atoms with Crippen molar-refractivity contribution in [2.24, 2.45) is 5.41 Å². The fraction of sp³-hybridized carbons (Fsp3) is 0.417. The van der Waals surface area contributed by atoms with E-state index in [4.69, 9.17) is 36.5 Å². The van der Waals surface area contributed by atoms with Crippen LogP contribution in [0.2, 0.25) is 5.02 Å². The van der Waals surface area contributed by atoms with Crippen LogP contribution in [0.3, 0.4) is 0 Å². The highest BCUT2D eigenvalue weighted by molar-refractivity contribution is 6.35. The lowest BCUT2D eigenvalue weighted by Crippen LogP contribution is -2.58. The lowest BCUT2D eigenvalue weighted by atomic mass is 9.73. The Hall–Kier alpha value is -2.77. The molecule has 1 aromatic carbocycles. The van der Waals surface area contributed by atoms with Gasteiger partial charge in [-0.2, -0.15) is 0 Å². The Kier molecular flexibility index (Phi) is 5.26. The molecular weight excluding hydrogens is 428 g/mol. The third-order valence-corrected chi connectivity index (χ3v) is 7.13. The van der Waals surface area contributed by atoms with Gasteiger partial charge in [-0.15, -0.1) is 0 Å².